The van der Waals surface area contributed by atoms with Gasteiger partial charge in [-0.25, -0.2) is 0 Å². The highest BCUT2D eigenvalue weighted by Crippen LogP contribution is 2.18. The molecule has 0 aromatic heterocycles. The summed E-state index contributed by atoms with van der Waals surface area (Å²) in [7, 11) is 0. The molecule has 1 atom stereocenters. The van der Waals surface area contributed by atoms with Crippen LogP contribution in [0.5, 0.6) is 5.75 Å². The van der Waals surface area contributed by atoms with E-state index < -0.39 is 0 Å². The van der Waals surface area contributed by atoms with Crippen LogP contribution in [0.25, 0.3) is 0 Å². The van der Waals surface area contributed by atoms with Gasteiger partial charge in [0.2, 0.25) is 0 Å². The van der Waals surface area contributed by atoms with Crippen LogP contribution in [0.2, 0.25) is 0 Å². The Hall–Kier alpha value is -1.02. The topological polar surface area (TPSA) is 35.2 Å². The number of rotatable bonds is 5. The summed E-state index contributed by atoms with van der Waals surface area (Å²) in [6, 6.07) is 8.19. The Morgan fingerprint density at radius 1 is 1.29 bits per heavy atom. The van der Waals surface area contributed by atoms with E-state index in [1.165, 1.54) is 5.56 Å². The van der Waals surface area contributed by atoms with Crippen molar-refractivity contribution in [3.63, 3.8) is 0 Å². The lowest BCUT2D eigenvalue weighted by molar-refractivity contribution is 0.317. The van der Waals surface area contributed by atoms with Crippen LogP contribution in [-0.2, 0) is 0 Å². The SMILES string of the molecule is CCCOc1ccc(C(C)CN)cc1. The fraction of sp³-hybridized carbons (Fsp3) is 0.500. The summed E-state index contributed by atoms with van der Waals surface area (Å²) in [5, 5.41) is 0. The third-order valence-electron chi connectivity index (χ3n) is 2.28. The van der Waals surface area contributed by atoms with E-state index in [-0.39, 0.29) is 0 Å². The molecule has 1 rings (SSSR count). The molecular formula is C12H19NO. The lowest BCUT2D eigenvalue weighted by Gasteiger charge is -2.10. The number of nitrogens with two attached hydrogens (primary N) is 1. The minimum absolute atomic E-state index is 0.426. The molecule has 14 heavy (non-hydrogen) atoms. The van der Waals surface area contributed by atoms with Crippen LogP contribution >= 0.6 is 0 Å². The van der Waals surface area contributed by atoms with Crippen molar-refractivity contribution < 1.29 is 4.74 Å². The lowest BCUT2D eigenvalue weighted by Crippen LogP contribution is -2.08. The van der Waals surface area contributed by atoms with Crippen LogP contribution in [-0.4, -0.2) is 13.2 Å². The second kappa shape index (κ2) is 5.66. The average Bonchev–Trinajstić information content (AvgIpc) is 2.26. The summed E-state index contributed by atoms with van der Waals surface area (Å²) in [6.07, 6.45) is 1.04. The Morgan fingerprint density at radius 2 is 1.93 bits per heavy atom. The van der Waals surface area contributed by atoms with Gasteiger partial charge in [0.25, 0.3) is 0 Å². The molecular weight excluding hydrogens is 174 g/mol. The van der Waals surface area contributed by atoms with Crippen molar-refractivity contribution in [3.05, 3.63) is 29.8 Å². The highest BCUT2D eigenvalue weighted by Gasteiger charge is 2.02. The van der Waals surface area contributed by atoms with Gasteiger partial charge in [-0.15, -0.1) is 0 Å². The van der Waals surface area contributed by atoms with Gasteiger partial charge in [-0.2, -0.15) is 0 Å². The van der Waals surface area contributed by atoms with Gasteiger partial charge >= 0.3 is 0 Å². The van der Waals surface area contributed by atoms with Gasteiger partial charge in [0.1, 0.15) is 5.75 Å². The second-order valence-electron chi connectivity index (χ2n) is 3.55. The maximum Gasteiger partial charge on any atom is 0.119 e. The number of benzene rings is 1. The first-order valence-corrected chi connectivity index (χ1v) is 5.20. The van der Waals surface area contributed by atoms with Crippen LogP contribution in [0.15, 0.2) is 24.3 Å². The smallest absolute Gasteiger partial charge is 0.119 e. The van der Waals surface area contributed by atoms with E-state index in [1.54, 1.807) is 0 Å². The first-order valence-electron chi connectivity index (χ1n) is 5.20. The van der Waals surface area contributed by atoms with E-state index in [0.717, 1.165) is 18.8 Å². The minimum Gasteiger partial charge on any atom is -0.494 e. The minimum atomic E-state index is 0.426. The summed E-state index contributed by atoms with van der Waals surface area (Å²) in [4.78, 5) is 0. The normalized spacial score (nSPS) is 12.5. The highest BCUT2D eigenvalue weighted by atomic mass is 16.5. The van der Waals surface area contributed by atoms with Crippen molar-refractivity contribution in [2.45, 2.75) is 26.2 Å². The monoisotopic (exact) mass is 193 g/mol. The molecule has 0 radical (unpaired) electrons. The quantitative estimate of drug-likeness (QED) is 0.780. The molecule has 0 spiro atoms. The molecule has 0 saturated heterocycles. The molecule has 2 N–H and O–H groups in total. The molecule has 0 aliphatic heterocycles. The predicted molar refractivity (Wildman–Crippen MR) is 59.7 cm³/mol. The van der Waals surface area contributed by atoms with Crippen LogP contribution in [0.1, 0.15) is 31.7 Å². The zero-order chi connectivity index (χ0) is 10.4. The molecule has 0 amide bonds. The molecule has 2 heteroatoms. The molecule has 78 valence electrons. The first kappa shape index (κ1) is 11.1. The zero-order valence-electron chi connectivity index (χ0n) is 8.99. The zero-order valence-corrected chi connectivity index (χ0v) is 8.99. The molecule has 2 nitrogen and oxygen atoms in total. The molecule has 1 unspecified atom stereocenters. The van der Waals surface area contributed by atoms with Crippen molar-refractivity contribution in [2.24, 2.45) is 5.73 Å². The van der Waals surface area contributed by atoms with Crippen molar-refractivity contribution in [3.8, 4) is 5.75 Å². The Morgan fingerprint density at radius 3 is 2.43 bits per heavy atom. The Bertz CT molecular complexity index is 256. The van der Waals surface area contributed by atoms with E-state index in [9.17, 15) is 0 Å². The van der Waals surface area contributed by atoms with Gasteiger partial charge in [0.15, 0.2) is 0 Å². The van der Waals surface area contributed by atoms with E-state index in [1.807, 2.05) is 12.1 Å². The summed E-state index contributed by atoms with van der Waals surface area (Å²) < 4.78 is 5.49. The van der Waals surface area contributed by atoms with E-state index in [0.29, 0.717) is 12.5 Å². The summed E-state index contributed by atoms with van der Waals surface area (Å²) in [5.74, 6) is 1.37. The van der Waals surface area contributed by atoms with Crippen LogP contribution in [0.3, 0.4) is 0 Å². The van der Waals surface area contributed by atoms with Crippen LogP contribution < -0.4 is 10.5 Å². The van der Waals surface area contributed by atoms with E-state index in [4.69, 9.17) is 10.5 Å². The standard InChI is InChI=1S/C12H19NO/c1-3-8-14-12-6-4-11(5-7-12)10(2)9-13/h4-7,10H,3,8-9,13H2,1-2H3. The lowest BCUT2D eigenvalue weighted by atomic mass is 10.0. The molecule has 0 aliphatic rings. The maximum absolute atomic E-state index is 5.59. The molecule has 1 aromatic carbocycles. The Balaban J connectivity index is 2.59. The van der Waals surface area contributed by atoms with E-state index in [2.05, 4.69) is 26.0 Å². The van der Waals surface area contributed by atoms with Crippen molar-refractivity contribution >= 4 is 0 Å². The third kappa shape index (κ3) is 3.04. The molecule has 0 fully saturated rings. The highest BCUT2D eigenvalue weighted by molar-refractivity contribution is 5.29. The molecule has 1 aromatic rings. The molecule has 0 bridgehead atoms. The average molecular weight is 193 g/mol. The molecule has 0 aliphatic carbocycles. The van der Waals surface area contributed by atoms with Gasteiger partial charge in [0, 0.05) is 0 Å². The van der Waals surface area contributed by atoms with Crippen molar-refractivity contribution in [1.82, 2.24) is 0 Å². The largest absolute Gasteiger partial charge is 0.494 e. The fourth-order valence-electron chi connectivity index (χ4n) is 1.25. The number of hydrogen-bond acceptors (Lipinski definition) is 2. The van der Waals surface area contributed by atoms with Crippen LogP contribution in [0.4, 0.5) is 0 Å². The second-order valence-corrected chi connectivity index (χ2v) is 3.55. The molecule has 0 saturated carbocycles. The van der Waals surface area contributed by atoms with Gasteiger partial charge in [0.05, 0.1) is 6.61 Å². The van der Waals surface area contributed by atoms with Gasteiger partial charge in [-0.3, -0.25) is 0 Å². The molecule has 0 heterocycles. The van der Waals surface area contributed by atoms with Crippen molar-refractivity contribution in [2.75, 3.05) is 13.2 Å². The van der Waals surface area contributed by atoms with Gasteiger partial charge in [-0.05, 0) is 36.6 Å². The van der Waals surface area contributed by atoms with Gasteiger partial charge in [-0.1, -0.05) is 26.0 Å². The van der Waals surface area contributed by atoms with Crippen molar-refractivity contribution in [1.29, 1.82) is 0 Å². The van der Waals surface area contributed by atoms with Crippen LogP contribution in [0, 0.1) is 0 Å². The van der Waals surface area contributed by atoms with Gasteiger partial charge < -0.3 is 10.5 Å². The Kier molecular flexibility index (Phi) is 4.47. The van der Waals surface area contributed by atoms with E-state index >= 15 is 0 Å². The number of hydrogen-bond donors (Lipinski definition) is 1. The number of ether oxygens (including phenoxy) is 1. The summed E-state index contributed by atoms with van der Waals surface area (Å²) in [6.45, 7) is 5.70. The summed E-state index contributed by atoms with van der Waals surface area (Å²) in [5.41, 5.74) is 6.87. The predicted octanol–water partition coefficient (Wildman–Crippen LogP) is 2.54. The fourth-order valence-corrected chi connectivity index (χ4v) is 1.25. The third-order valence-corrected chi connectivity index (χ3v) is 2.28. The Labute approximate surface area is 86.1 Å². The maximum atomic E-state index is 5.59. The summed E-state index contributed by atoms with van der Waals surface area (Å²) >= 11 is 0. The first-order chi connectivity index (χ1) is 6.77.